The van der Waals surface area contributed by atoms with E-state index in [4.69, 9.17) is 11.6 Å². The lowest BCUT2D eigenvalue weighted by molar-refractivity contribution is 0.170. The first-order valence-electron chi connectivity index (χ1n) is 6.23. The van der Waals surface area contributed by atoms with Gasteiger partial charge in [0.25, 0.3) is 0 Å². The van der Waals surface area contributed by atoms with E-state index in [2.05, 4.69) is 17.2 Å². The summed E-state index contributed by atoms with van der Waals surface area (Å²) in [5, 5.41) is 14.7. The molecule has 0 saturated carbocycles. The highest BCUT2D eigenvalue weighted by atomic mass is 35.5. The number of aromatic amines is 1. The molecule has 0 radical (unpaired) electrons. The van der Waals surface area contributed by atoms with Gasteiger partial charge in [0, 0.05) is 34.7 Å². The number of aliphatic hydroxyl groups excluding tert-OH is 1. The van der Waals surface area contributed by atoms with Gasteiger partial charge in [0.15, 0.2) is 0 Å². The van der Waals surface area contributed by atoms with Gasteiger partial charge in [-0.1, -0.05) is 17.7 Å². The van der Waals surface area contributed by atoms with Crippen molar-refractivity contribution < 1.29 is 5.11 Å². The number of hydrogen-bond acceptors (Lipinski definition) is 2. The van der Waals surface area contributed by atoms with Crippen LogP contribution in [-0.2, 0) is 6.54 Å². The third-order valence-electron chi connectivity index (χ3n) is 3.07. The topological polar surface area (TPSA) is 48.0 Å². The van der Waals surface area contributed by atoms with Gasteiger partial charge in [-0.15, -0.1) is 0 Å². The molecule has 0 bridgehead atoms. The average molecular weight is 267 g/mol. The molecule has 0 aliphatic rings. The van der Waals surface area contributed by atoms with Crippen LogP contribution in [0.3, 0.4) is 0 Å². The molecule has 2 rings (SSSR count). The third-order valence-corrected chi connectivity index (χ3v) is 3.30. The third kappa shape index (κ3) is 3.25. The molecule has 0 aliphatic heterocycles. The number of fused-ring (bicyclic) bond motifs is 1. The van der Waals surface area contributed by atoms with Crippen molar-refractivity contribution in [2.75, 3.05) is 0 Å². The maximum atomic E-state index is 9.32. The van der Waals surface area contributed by atoms with E-state index < -0.39 is 0 Å². The van der Waals surface area contributed by atoms with Gasteiger partial charge in [-0.2, -0.15) is 0 Å². The SMILES string of the molecule is CC(O)CC(C)NCc1c[nH]c2cc(Cl)ccc12. The lowest BCUT2D eigenvalue weighted by Crippen LogP contribution is -2.28. The van der Waals surface area contributed by atoms with E-state index >= 15 is 0 Å². The van der Waals surface area contributed by atoms with E-state index in [-0.39, 0.29) is 6.10 Å². The van der Waals surface area contributed by atoms with E-state index in [1.165, 1.54) is 10.9 Å². The van der Waals surface area contributed by atoms with E-state index in [1.54, 1.807) is 0 Å². The van der Waals surface area contributed by atoms with Gasteiger partial charge in [-0.3, -0.25) is 0 Å². The largest absolute Gasteiger partial charge is 0.393 e. The Morgan fingerprint density at radius 2 is 2.17 bits per heavy atom. The Balaban J connectivity index is 2.04. The Morgan fingerprint density at radius 1 is 1.39 bits per heavy atom. The summed E-state index contributed by atoms with van der Waals surface area (Å²) in [4.78, 5) is 3.22. The van der Waals surface area contributed by atoms with Crippen LogP contribution in [0, 0.1) is 0 Å². The number of aromatic nitrogens is 1. The second-order valence-corrected chi connectivity index (χ2v) is 5.31. The summed E-state index contributed by atoms with van der Waals surface area (Å²) in [6, 6.07) is 6.16. The first-order chi connectivity index (χ1) is 8.56. The lowest BCUT2D eigenvalue weighted by Gasteiger charge is -2.14. The van der Waals surface area contributed by atoms with Crippen molar-refractivity contribution in [3.05, 3.63) is 35.0 Å². The van der Waals surface area contributed by atoms with Gasteiger partial charge >= 0.3 is 0 Å². The molecule has 2 atom stereocenters. The van der Waals surface area contributed by atoms with E-state index in [9.17, 15) is 5.11 Å². The van der Waals surface area contributed by atoms with Crippen molar-refractivity contribution >= 4 is 22.5 Å². The molecule has 0 fully saturated rings. The number of nitrogens with one attached hydrogen (secondary N) is 2. The van der Waals surface area contributed by atoms with Crippen LogP contribution < -0.4 is 5.32 Å². The Labute approximate surface area is 112 Å². The van der Waals surface area contributed by atoms with E-state index in [0.29, 0.717) is 6.04 Å². The fourth-order valence-electron chi connectivity index (χ4n) is 2.18. The zero-order chi connectivity index (χ0) is 13.1. The highest BCUT2D eigenvalue weighted by Gasteiger charge is 2.08. The zero-order valence-electron chi connectivity index (χ0n) is 10.7. The molecule has 0 spiro atoms. The number of halogens is 1. The summed E-state index contributed by atoms with van der Waals surface area (Å²) in [6.45, 7) is 4.68. The van der Waals surface area contributed by atoms with E-state index in [1.807, 2.05) is 31.3 Å². The maximum Gasteiger partial charge on any atom is 0.0526 e. The van der Waals surface area contributed by atoms with Crippen molar-refractivity contribution in [2.24, 2.45) is 0 Å². The summed E-state index contributed by atoms with van der Waals surface area (Å²) >= 11 is 5.95. The van der Waals surface area contributed by atoms with Crippen LogP contribution in [0.2, 0.25) is 5.02 Å². The van der Waals surface area contributed by atoms with Crippen molar-refractivity contribution in [3.63, 3.8) is 0 Å². The van der Waals surface area contributed by atoms with Gasteiger partial charge in [0.1, 0.15) is 0 Å². The van der Waals surface area contributed by atoms with E-state index in [0.717, 1.165) is 23.5 Å². The Hall–Kier alpha value is -1.03. The molecule has 18 heavy (non-hydrogen) atoms. The Morgan fingerprint density at radius 3 is 2.89 bits per heavy atom. The predicted molar refractivity (Wildman–Crippen MR) is 75.9 cm³/mol. The second kappa shape index (κ2) is 5.74. The minimum atomic E-state index is -0.269. The average Bonchev–Trinajstić information content (AvgIpc) is 2.67. The monoisotopic (exact) mass is 266 g/mol. The Kier molecular flexibility index (Phi) is 4.27. The summed E-state index contributed by atoms with van der Waals surface area (Å²) in [5.74, 6) is 0. The van der Waals surface area contributed by atoms with Gasteiger partial charge in [0.05, 0.1) is 6.10 Å². The van der Waals surface area contributed by atoms with Crippen molar-refractivity contribution in [1.29, 1.82) is 0 Å². The molecule has 98 valence electrons. The van der Waals surface area contributed by atoms with Gasteiger partial charge in [-0.05, 0) is 38.0 Å². The molecule has 2 unspecified atom stereocenters. The number of aliphatic hydroxyl groups is 1. The minimum Gasteiger partial charge on any atom is -0.393 e. The molecule has 1 aromatic heterocycles. The highest BCUT2D eigenvalue weighted by Crippen LogP contribution is 2.22. The van der Waals surface area contributed by atoms with Crippen LogP contribution in [0.1, 0.15) is 25.8 Å². The second-order valence-electron chi connectivity index (χ2n) is 4.87. The molecular weight excluding hydrogens is 248 g/mol. The quantitative estimate of drug-likeness (QED) is 0.779. The number of hydrogen-bond donors (Lipinski definition) is 3. The molecule has 3 N–H and O–H groups in total. The lowest BCUT2D eigenvalue weighted by atomic mass is 10.1. The van der Waals surface area contributed by atoms with Crippen LogP contribution in [-0.4, -0.2) is 22.2 Å². The minimum absolute atomic E-state index is 0.269. The smallest absolute Gasteiger partial charge is 0.0526 e. The van der Waals surface area contributed by atoms with Crippen molar-refractivity contribution in [2.45, 2.75) is 39.0 Å². The van der Waals surface area contributed by atoms with Crippen molar-refractivity contribution in [3.8, 4) is 0 Å². The van der Waals surface area contributed by atoms with Crippen LogP contribution in [0.25, 0.3) is 10.9 Å². The van der Waals surface area contributed by atoms with Crippen LogP contribution in [0.5, 0.6) is 0 Å². The number of benzene rings is 1. The van der Waals surface area contributed by atoms with Gasteiger partial charge in [-0.25, -0.2) is 0 Å². The molecular formula is C14H19ClN2O. The van der Waals surface area contributed by atoms with Crippen molar-refractivity contribution in [1.82, 2.24) is 10.3 Å². The molecule has 1 aromatic carbocycles. The zero-order valence-corrected chi connectivity index (χ0v) is 11.5. The summed E-state index contributed by atoms with van der Waals surface area (Å²) in [6.07, 6.45) is 2.49. The molecule has 0 amide bonds. The van der Waals surface area contributed by atoms with Gasteiger partial charge < -0.3 is 15.4 Å². The van der Waals surface area contributed by atoms with Gasteiger partial charge in [0.2, 0.25) is 0 Å². The summed E-state index contributed by atoms with van der Waals surface area (Å²) < 4.78 is 0. The molecule has 1 heterocycles. The maximum absolute atomic E-state index is 9.32. The molecule has 2 aromatic rings. The first kappa shape index (κ1) is 13.4. The summed E-state index contributed by atoms with van der Waals surface area (Å²) in [7, 11) is 0. The Bertz CT molecular complexity index is 521. The molecule has 4 heteroatoms. The highest BCUT2D eigenvalue weighted by molar-refractivity contribution is 6.31. The standard InChI is InChI=1S/C14H19ClN2O/c1-9(5-10(2)18)16-7-11-8-17-14-6-12(15)3-4-13(11)14/h3-4,6,8-10,16-18H,5,7H2,1-2H3. The fourth-order valence-corrected chi connectivity index (χ4v) is 2.36. The first-order valence-corrected chi connectivity index (χ1v) is 6.61. The van der Waals surface area contributed by atoms with Crippen LogP contribution in [0.15, 0.2) is 24.4 Å². The fraction of sp³-hybridized carbons (Fsp3) is 0.429. The van der Waals surface area contributed by atoms with Crippen LogP contribution in [0.4, 0.5) is 0 Å². The van der Waals surface area contributed by atoms with Crippen LogP contribution >= 0.6 is 11.6 Å². The predicted octanol–water partition coefficient (Wildman–Crippen LogP) is 3.07. The molecule has 0 aliphatic carbocycles. The normalized spacial score (nSPS) is 14.9. The number of rotatable bonds is 5. The number of H-pyrrole nitrogens is 1. The molecule has 3 nitrogen and oxygen atoms in total. The molecule has 0 saturated heterocycles. The summed E-state index contributed by atoms with van der Waals surface area (Å²) in [5.41, 5.74) is 2.28.